The van der Waals surface area contributed by atoms with Crippen molar-refractivity contribution in [3.63, 3.8) is 0 Å². The number of carbonyl (C=O) groups excluding carboxylic acids is 2. The highest BCUT2D eigenvalue weighted by Gasteiger charge is 2.19. The van der Waals surface area contributed by atoms with Gasteiger partial charge in [0.25, 0.3) is 0 Å². The zero-order valence-electron chi connectivity index (χ0n) is 11.8. The van der Waals surface area contributed by atoms with E-state index in [2.05, 4.69) is 10.6 Å². The van der Waals surface area contributed by atoms with Crippen LogP contribution in [0.3, 0.4) is 0 Å². The molecule has 0 aromatic heterocycles. The number of halogens is 2. The molecule has 2 N–H and O–H groups in total. The molecule has 22 heavy (non-hydrogen) atoms. The number of benzene rings is 2. The summed E-state index contributed by atoms with van der Waals surface area (Å²) in [7, 11) is 0. The third kappa shape index (κ3) is 4.00. The van der Waals surface area contributed by atoms with Crippen LogP contribution in [0.1, 0.15) is 18.5 Å². The van der Waals surface area contributed by atoms with Crippen LogP contribution in [0, 0.1) is 0 Å². The number of rotatable bonds is 3. The molecule has 0 saturated carbocycles. The fraction of sp³-hybridized carbons (Fsp3) is 0.125. The Morgan fingerprint density at radius 2 is 1.50 bits per heavy atom. The molecule has 2 amide bonds. The monoisotopic (exact) mass is 336 g/mol. The van der Waals surface area contributed by atoms with Gasteiger partial charge in [-0.1, -0.05) is 59.6 Å². The van der Waals surface area contributed by atoms with E-state index in [1.165, 1.54) is 0 Å². The number of hydrogen-bond donors (Lipinski definition) is 2. The van der Waals surface area contributed by atoms with E-state index in [0.29, 0.717) is 0 Å². The van der Waals surface area contributed by atoms with Crippen LogP contribution in [0.15, 0.2) is 48.5 Å². The van der Waals surface area contributed by atoms with Crippen LogP contribution in [0.4, 0.5) is 5.69 Å². The summed E-state index contributed by atoms with van der Waals surface area (Å²) >= 11 is 11.9. The van der Waals surface area contributed by atoms with Gasteiger partial charge in [-0.25, -0.2) is 0 Å². The highest BCUT2D eigenvalue weighted by atomic mass is 35.5. The minimum Gasteiger partial charge on any atom is -0.341 e. The third-order valence-corrected chi connectivity index (χ3v) is 3.68. The van der Waals surface area contributed by atoms with Crippen molar-refractivity contribution >= 4 is 40.7 Å². The molecule has 0 aliphatic carbocycles. The molecule has 2 aromatic rings. The molecule has 0 saturated heterocycles. The van der Waals surface area contributed by atoms with E-state index < -0.39 is 11.8 Å². The number of anilines is 1. The van der Waals surface area contributed by atoms with Crippen molar-refractivity contribution in [2.75, 3.05) is 5.32 Å². The van der Waals surface area contributed by atoms with Gasteiger partial charge in [-0.3, -0.25) is 9.59 Å². The maximum atomic E-state index is 11.9. The summed E-state index contributed by atoms with van der Waals surface area (Å²) in [6.07, 6.45) is 0. The van der Waals surface area contributed by atoms with E-state index in [-0.39, 0.29) is 21.8 Å². The SMILES string of the molecule is CC(NC(=O)C(=O)Nc1c(Cl)cccc1Cl)c1ccccc1. The van der Waals surface area contributed by atoms with Gasteiger partial charge in [0.15, 0.2) is 0 Å². The van der Waals surface area contributed by atoms with Crippen molar-refractivity contribution in [1.82, 2.24) is 5.32 Å². The summed E-state index contributed by atoms with van der Waals surface area (Å²) < 4.78 is 0. The van der Waals surface area contributed by atoms with Crippen LogP contribution in [0.2, 0.25) is 10.0 Å². The molecule has 0 aliphatic rings. The highest BCUT2D eigenvalue weighted by Crippen LogP contribution is 2.29. The highest BCUT2D eigenvalue weighted by molar-refractivity contribution is 6.44. The van der Waals surface area contributed by atoms with Crippen molar-refractivity contribution in [1.29, 1.82) is 0 Å². The summed E-state index contributed by atoms with van der Waals surface area (Å²) in [4.78, 5) is 23.9. The topological polar surface area (TPSA) is 58.2 Å². The fourth-order valence-corrected chi connectivity index (χ4v) is 2.37. The van der Waals surface area contributed by atoms with E-state index in [0.717, 1.165) is 5.56 Å². The normalized spacial score (nSPS) is 11.6. The lowest BCUT2D eigenvalue weighted by atomic mass is 10.1. The first-order chi connectivity index (χ1) is 10.5. The van der Waals surface area contributed by atoms with Crippen molar-refractivity contribution in [3.8, 4) is 0 Å². The first-order valence-electron chi connectivity index (χ1n) is 6.60. The van der Waals surface area contributed by atoms with Gasteiger partial charge in [0, 0.05) is 0 Å². The van der Waals surface area contributed by atoms with E-state index in [9.17, 15) is 9.59 Å². The second kappa shape index (κ2) is 7.29. The Hall–Kier alpha value is -2.04. The zero-order valence-corrected chi connectivity index (χ0v) is 13.3. The van der Waals surface area contributed by atoms with Crippen LogP contribution in [-0.2, 0) is 9.59 Å². The van der Waals surface area contributed by atoms with Crippen molar-refractivity contribution in [3.05, 3.63) is 64.1 Å². The van der Waals surface area contributed by atoms with Crippen molar-refractivity contribution < 1.29 is 9.59 Å². The Labute approximate surface area is 138 Å². The Kier molecular flexibility index (Phi) is 5.41. The minimum absolute atomic E-state index is 0.221. The zero-order chi connectivity index (χ0) is 16.1. The molecule has 0 radical (unpaired) electrons. The van der Waals surface area contributed by atoms with Gasteiger partial charge in [-0.05, 0) is 24.6 Å². The number of para-hydroxylation sites is 1. The average Bonchev–Trinajstić information content (AvgIpc) is 2.51. The van der Waals surface area contributed by atoms with E-state index in [4.69, 9.17) is 23.2 Å². The predicted molar refractivity (Wildman–Crippen MR) is 88.1 cm³/mol. The summed E-state index contributed by atoms with van der Waals surface area (Å²) in [6.45, 7) is 1.79. The van der Waals surface area contributed by atoms with Crippen LogP contribution < -0.4 is 10.6 Å². The Bertz CT molecular complexity index is 670. The van der Waals surface area contributed by atoms with Crippen molar-refractivity contribution in [2.24, 2.45) is 0 Å². The molecule has 6 heteroatoms. The standard InChI is InChI=1S/C16H14Cl2N2O2/c1-10(11-6-3-2-4-7-11)19-15(21)16(22)20-14-12(17)8-5-9-13(14)18/h2-10H,1H3,(H,19,21)(H,20,22). The molecule has 2 rings (SSSR count). The maximum Gasteiger partial charge on any atom is 0.313 e. The average molecular weight is 337 g/mol. The van der Waals surface area contributed by atoms with Crippen molar-refractivity contribution in [2.45, 2.75) is 13.0 Å². The van der Waals surface area contributed by atoms with Gasteiger partial charge in [-0.15, -0.1) is 0 Å². The summed E-state index contributed by atoms with van der Waals surface area (Å²) in [5, 5.41) is 5.57. The van der Waals surface area contributed by atoms with E-state index in [1.54, 1.807) is 25.1 Å². The van der Waals surface area contributed by atoms with Gasteiger partial charge in [0.05, 0.1) is 21.8 Å². The van der Waals surface area contributed by atoms with Crippen LogP contribution in [-0.4, -0.2) is 11.8 Å². The van der Waals surface area contributed by atoms with Crippen LogP contribution >= 0.6 is 23.2 Å². The molecule has 1 unspecified atom stereocenters. The van der Waals surface area contributed by atoms with Gasteiger partial charge in [0.2, 0.25) is 0 Å². The van der Waals surface area contributed by atoms with E-state index >= 15 is 0 Å². The first kappa shape index (κ1) is 16.3. The lowest BCUT2D eigenvalue weighted by Gasteiger charge is -2.14. The molecular weight excluding hydrogens is 323 g/mol. The van der Waals surface area contributed by atoms with Gasteiger partial charge < -0.3 is 10.6 Å². The van der Waals surface area contributed by atoms with Crippen LogP contribution in [0.5, 0.6) is 0 Å². The smallest absolute Gasteiger partial charge is 0.313 e. The quantitative estimate of drug-likeness (QED) is 0.837. The Balaban J connectivity index is 2.02. The van der Waals surface area contributed by atoms with Gasteiger partial charge in [0.1, 0.15) is 0 Å². The number of hydrogen-bond acceptors (Lipinski definition) is 2. The molecule has 0 fully saturated rings. The predicted octanol–water partition coefficient (Wildman–Crippen LogP) is 3.81. The Morgan fingerprint density at radius 1 is 0.909 bits per heavy atom. The first-order valence-corrected chi connectivity index (χ1v) is 7.35. The fourth-order valence-electron chi connectivity index (χ4n) is 1.87. The molecular formula is C16H14Cl2N2O2. The molecule has 2 aromatic carbocycles. The third-order valence-electron chi connectivity index (χ3n) is 3.05. The lowest BCUT2D eigenvalue weighted by molar-refractivity contribution is -0.136. The molecule has 114 valence electrons. The molecule has 1 atom stereocenters. The summed E-state index contributed by atoms with van der Waals surface area (Å²) in [6, 6.07) is 13.9. The largest absolute Gasteiger partial charge is 0.341 e. The maximum absolute atomic E-state index is 11.9. The van der Waals surface area contributed by atoms with Gasteiger partial charge >= 0.3 is 11.8 Å². The lowest BCUT2D eigenvalue weighted by Crippen LogP contribution is -2.37. The number of carbonyl (C=O) groups is 2. The summed E-state index contributed by atoms with van der Waals surface area (Å²) in [5.74, 6) is -1.58. The molecule has 0 bridgehead atoms. The van der Waals surface area contributed by atoms with Gasteiger partial charge in [-0.2, -0.15) is 0 Å². The molecule has 0 spiro atoms. The molecule has 0 aliphatic heterocycles. The van der Waals surface area contributed by atoms with Crippen LogP contribution in [0.25, 0.3) is 0 Å². The van der Waals surface area contributed by atoms with E-state index in [1.807, 2.05) is 30.3 Å². The second-order valence-corrected chi connectivity index (χ2v) is 5.47. The molecule has 4 nitrogen and oxygen atoms in total. The Morgan fingerprint density at radius 3 is 2.09 bits per heavy atom. The number of amides is 2. The second-order valence-electron chi connectivity index (χ2n) is 4.66. The minimum atomic E-state index is -0.821. The summed E-state index contributed by atoms with van der Waals surface area (Å²) in [5.41, 5.74) is 1.12. The molecule has 0 heterocycles. The number of nitrogens with one attached hydrogen (secondary N) is 2.